The second-order valence-corrected chi connectivity index (χ2v) is 7.84. The van der Waals surface area contributed by atoms with Crippen LogP contribution >= 0.6 is 0 Å². The minimum atomic E-state index is -3.93. The average Bonchev–Trinajstić information content (AvgIpc) is 2.85. The summed E-state index contributed by atoms with van der Waals surface area (Å²) in [7, 11) is 1.59. The van der Waals surface area contributed by atoms with Gasteiger partial charge in [0.15, 0.2) is 6.10 Å². The number of methoxy groups -OCH3 is 1. The van der Waals surface area contributed by atoms with Crippen molar-refractivity contribution in [3.05, 3.63) is 76.6 Å². The zero-order chi connectivity index (χ0) is 25.8. The van der Waals surface area contributed by atoms with Crippen LogP contribution in [0.2, 0.25) is 0 Å². The number of ether oxygens (including phenoxy) is 4. The molecule has 0 spiro atoms. The molecule has 1 atom stereocenters. The maximum atomic E-state index is 15.1. The van der Waals surface area contributed by atoms with E-state index in [1.807, 2.05) is 38.1 Å². The van der Waals surface area contributed by atoms with E-state index in [2.05, 4.69) is 10.1 Å². The molecule has 35 heavy (non-hydrogen) atoms. The fraction of sp³-hybridized carbons (Fsp3) is 0.423. The number of carbonyl (C=O) groups excluding carboxylic acids is 1. The lowest BCUT2D eigenvalue weighted by molar-refractivity contribution is -0.195. The highest BCUT2D eigenvalue weighted by molar-refractivity contribution is 5.78. The summed E-state index contributed by atoms with van der Waals surface area (Å²) in [5.41, 5.74) is 8.67. The molecule has 192 valence electrons. The molecule has 0 aliphatic rings. The summed E-state index contributed by atoms with van der Waals surface area (Å²) < 4.78 is 51.2. The molecule has 1 unspecified atom stereocenters. The van der Waals surface area contributed by atoms with E-state index in [4.69, 9.17) is 19.9 Å². The Bertz CT molecular complexity index is 980. The van der Waals surface area contributed by atoms with Crippen molar-refractivity contribution in [2.45, 2.75) is 46.0 Å². The van der Waals surface area contributed by atoms with Crippen molar-refractivity contribution in [1.82, 2.24) is 5.32 Å². The number of carbonyl (C=O) groups is 1. The fourth-order valence-electron chi connectivity index (χ4n) is 3.21. The van der Waals surface area contributed by atoms with Crippen LogP contribution in [0, 0.1) is 6.92 Å². The monoisotopic (exact) mass is 492 g/mol. The predicted octanol–water partition coefficient (Wildman–Crippen LogP) is 4.39. The number of benzene rings is 2. The van der Waals surface area contributed by atoms with Gasteiger partial charge in [-0.05, 0) is 55.2 Å². The van der Waals surface area contributed by atoms with Crippen molar-refractivity contribution < 1.29 is 32.5 Å². The second-order valence-electron chi connectivity index (χ2n) is 7.84. The van der Waals surface area contributed by atoms with Gasteiger partial charge in [-0.15, -0.1) is 0 Å². The van der Waals surface area contributed by atoms with Gasteiger partial charge in [-0.3, -0.25) is 0 Å². The first-order valence-electron chi connectivity index (χ1n) is 11.4. The standard InChI is InChI=1S/C26H34F2N2O5/c1-5-30-14-22(29)17-35-24(26(27,28)25(31)34-6-2)20-10-7-18(3)21(13-20)16-33-15-19-8-11-23(32-4)12-9-19/h7-14,24,30H,5-6,15-17,29H2,1-4H3/b22-14-. The van der Waals surface area contributed by atoms with E-state index in [0.29, 0.717) is 18.7 Å². The summed E-state index contributed by atoms with van der Waals surface area (Å²) in [4.78, 5) is 12.1. The topological polar surface area (TPSA) is 92.0 Å². The largest absolute Gasteiger partial charge is 0.497 e. The predicted molar refractivity (Wildman–Crippen MR) is 129 cm³/mol. The number of rotatable bonds is 14. The lowest BCUT2D eigenvalue weighted by Gasteiger charge is -2.26. The van der Waals surface area contributed by atoms with Crippen LogP contribution in [0.25, 0.3) is 0 Å². The highest BCUT2D eigenvalue weighted by Gasteiger charge is 2.50. The number of hydrogen-bond acceptors (Lipinski definition) is 7. The van der Waals surface area contributed by atoms with E-state index in [0.717, 1.165) is 16.9 Å². The first kappa shape index (κ1) is 28.1. The normalized spacial score (nSPS) is 12.8. The van der Waals surface area contributed by atoms with Gasteiger partial charge in [0, 0.05) is 12.7 Å². The van der Waals surface area contributed by atoms with Crippen molar-refractivity contribution in [2.24, 2.45) is 5.73 Å². The zero-order valence-corrected chi connectivity index (χ0v) is 20.6. The Morgan fingerprint density at radius 3 is 2.49 bits per heavy atom. The van der Waals surface area contributed by atoms with Crippen LogP contribution in [-0.2, 0) is 32.2 Å². The number of nitrogens with two attached hydrogens (primary N) is 1. The number of nitrogens with one attached hydrogen (secondary N) is 1. The van der Waals surface area contributed by atoms with E-state index in [-0.39, 0.29) is 31.1 Å². The number of esters is 1. The van der Waals surface area contributed by atoms with Crippen LogP contribution in [0.1, 0.15) is 42.2 Å². The smallest absolute Gasteiger partial charge is 0.380 e. The van der Waals surface area contributed by atoms with Gasteiger partial charge in [-0.2, -0.15) is 8.78 Å². The van der Waals surface area contributed by atoms with Crippen LogP contribution in [0.5, 0.6) is 5.75 Å². The lowest BCUT2D eigenvalue weighted by atomic mass is 9.98. The maximum absolute atomic E-state index is 15.1. The Morgan fingerprint density at radius 1 is 1.14 bits per heavy atom. The van der Waals surface area contributed by atoms with E-state index >= 15 is 8.78 Å². The first-order chi connectivity index (χ1) is 16.7. The molecule has 0 saturated carbocycles. The van der Waals surface area contributed by atoms with Gasteiger partial charge in [0.05, 0.1) is 39.2 Å². The number of halogens is 2. The fourth-order valence-corrected chi connectivity index (χ4v) is 3.21. The SMILES string of the molecule is CCN/C=C(\N)COC(c1ccc(C)c(COCc2ccc(OC)cc2)c1)C(F)(F)C(=O)OCC. The molecule has 7 nitrogen and oxygen atoms in total. The van der Waals surface area contributed by atoms with Crippen LogP contribution < -0.4 is 15.8 Å². The van der Waals surface area contributed by atoms with Crippen LogP contribution in [-0.4, -0.2) is 38.8 Å². The molecule has 0 heterocycles. The molecule has 0 fully saturated rings. The minimum Gasteiger partial charge on any atom is -0.497 e. The average molecular weight is 493 g/mol. The molecule has 2 rings (SSSR count). The van der Waals surface area contributed by atoms with Gasteiger partial charge in [0.2, 0.25) is 0 Å². The summed E-state index contributed by atoms with van der Waals surface area (Å²) in [5.74, 6) is -4.84. The van der Waals surface area contributed by atoms with E-state index < -0.39 is 18.0 Å². The summed E-state index contributed by atoms with van der Waals surface area (Å²) in [6, 6.07) is 12.2. The molecular weight excluding hydrogens is 458 g/mol. The summed E-state index contributed by atoms with van der Waals surface area (Å²) in [6.45, 7) is 5.83. The molecule has 0 saturated heterocycles. The summed E-state index contributed by atoms with van der Waals surface area (Å²) in [6.07, 6.45) is -0.413. The quantitative estimate of drug-likeness (QED) is 0.378. The minimum absolute atomic E-state index is 0.118. The Kier molecular flexibility index (Phi) is 10.9. The molecule has 2 aromatic rings. The highest BCUT2D eigenvalue weighted by atomic mass is 19.3. The van der Waals surface area contributed by atoms with Crippen molar-refractivity contribution >= 4 is 5.97 Å². The van der Waals surface area contributed by atoms with Gasteiger partial charge >= 0.3 is 11.9 Å². The molecule has 2 aromatic carbocycles. The number of hydrogen-bond donors (Lipinski definition) is 2. The third kappa shape index (κ3) is 8.22. The van der Waals surface area contributed by atoms with Gasteiger partial charge in [-0.1, -0.05) is 30.3 Å². The van der Waals surface area contributed by atoms with Gasteiger partial charge in [0.1, 0.15) is 5.75 Å². The van der Waals surface area contributed by atoms with Crippen LogP contribution in [0.3, 0.4) is 0 Å². The Hall–Kier alpha value is -3.17. The Labute approximate surface area is 205 Å². The molecule has 0 amide bonds. The molecule has 0 radical (unpaired) electrons. The number of alkyl halides is 2. The third-order valence-corrected chi connectivity index (χ3v) is 5.15. The van der Waals surface area contributed by atoms with Gasteiger partial charge in [-0.25, -0.2) is 4.79 Å². The Morgan fingerprint density at radius 2 is 1.86 bits per heavy atom. The molecular formula is C26H34F2N2O5. The van der Waals surface area contributed by atoms with Crippen LogP contribution in [0.15, 0.2) is 54.4 Å². The summed E-state index contributed by atoms with van der Waals surface area (Å²) in [5, 5.41) is 2.88. The molecule has 0 aliphatic heterocycles. The molecule has 0 bridgehead atoms. The second kappa shape index (κ2) is 13.7. The van der Waals surface area contributed by atoms with E-state index in [9.17, 15) is 4.79 Å². The van der Waals surface area contributed by atoms with Crippen molar-refractivity contribution in [2.75, 3.05) is 26.9 Å². The van der Waals surface area contributed by atoms with E-state index in [1.54, 1.807) is 19.2 Å². The number of aryl methyl sites for hydroxylation is 1. The first-order valence-corrected chi connectivity index (χ1v) is 11.4. The zero-order valence-electron chi connectivity index (χ0n) is 20.6. The maximum Gasteiger partial charge on any atom is 0.380 e. The van der Waals surface area contributed by atoms with Crippen molar-refractivity contribution in [1.29, 1.82) is 0 Å². The van der Waals surface area contributed by atoms with E-state index in [1.165, 1.54) is 19.2 Å². The highest BCUT2D eigenvalue weighted by Crippen LogP contribution is 2.37. The molecule has 0 aromatic heterocycles. The van der Waals surface area contributed by atoms with Crippen LogP contribution in [0.4, 0.5) is 8.78 Å². The molecule has 9 heteroatoms. The van der Waals surface area contributed by atoms with Gasteiger partial charge < -0.3 is 30.0 Å². The third-order valence-electron chi connectivity index (χ3n) is 5.15. The Balaban J connectivity index is 2.22. The van der Waals surface area contributed by atoms with Gasteiger partial charge in [0.25, 0.3) is 0 Å². The lowest BCUT2D eigenvalue weighted by Crippen LogP contribution is -2.39. The molecule has 3 N–H and O–H groups in total. The molecule has 0 aliphatic carbocycles. The van der Waals surface area contributed by atoms with Crippen molar-refractivity contribution in [3.8, 4) is 5.75 Å². The summed E-state index contributed by atoms with van der Waals surface area (Å²) >= 11 is 0. The van der Waals surface area contributed by atoms with Crippen molar-refractivity contribution in [3.63, 3.8) is 0 Å².